The molecule has 8 nitrogen and oxygen atoms in total. The van der Waals surface area contributed by atoms with Gasteiger partial charge >= 0.3 is 11.6 Å². The van der Waals surface area contributed by atoms with Crippen molar-refractivity contribution in [3.63, 3.8) is 0 Å². The van der Waals surface area contributed by atoms with Crippen LogP contribution < -0.4 is 10.4 Å². The molecule has 0 bridgehead atoms. The van der Waals surface area contributed by atoms with Gasteiger partial charge in [0.15, 0.2) is 5.70 Å². The van der Waals surface area contributed by atoms with Crippen LogP contribution in [0, 0.1) is 0 Å². The summed E-state index contributed by atoms with van der Waals surface area (Å²) in [5, 5.41) is 5.43. The zero-order chi connectivity index (χ0) is 25.4. The Hall–Kier alpha value is -5.24. The quantitative estimate of drug-likeness (QED) is 0.196. The summed E-state index contributed by atoms with van der Waals surface area (Å²) in [6.07, 6.45) is 3.30. The minimum Gasteiger partial charge on any atom is -0.497 e. The van der Waals surface area contributed by atoms with E-state index in [-0.39, 0.29) is 17.2 Å². The summed E-state index contributed by atoms with van der Waals surface area (Å²) in [5.41, 5.74) is 2.59. The highest BCUT2D eigenvalue weighted by molar-refractivity contribution is 6.13. The van der Waals surface area contributed by atoms with Crippen molar-refractivity contribution in [3.05, 3.63) is 118 Å². The van der Waals surface area contributed by atoms with E-state index in [0.717, 1.165) is 11.1 Å². The summed E-state index contributed by atoms with van der Waals surface area (Å²) >= 11 is 0. The SMILES string of the molecule is COc1ccc(C2=N/C(=C\c3cn(-c4ccccc4)nc3-c3cc4ccccc4oc3=O)C(=O)O2)cc1. The van der Waals surface area contributed by atoms with Crippen molar-refractivity contribution in [2.75, 3.05) is 7.11 Å². The maximum Gasteiger partial charge on any atom is 0.363 e. The number of ether oxygens (including phenoxy) is 2. The van der Waals surface area contributed by atoms with Crippen molar-refractivity contribution in [2.24, 2.45) is 4.99 Å². The molecule has 3 heterocycles. The van der Waals surface area contributed by atoms with E-state index in [1.54, 1.807) is 66.5 Å². The molecular weight excluding hydrogens is 470 g/mol. The summed E-state index contributed by atoms with van der Waals surface area (Å²) in [7, 11) is 1.58. The highest BCUT2D eigenvalue weighted by Crippen LogP contribution is 2.28. The number of rotatable bonds is 5. The number of fused-ring (bicyclic) bond motifs is 1. The third kappa shape index (κ3) is 4.21. The number of hydrogen-bond donors (Lipinski definition) is 0. The van der Waals surface area contributed by atoms with Gasteiger partial charge in [0.25, 0.3) is 0 Å². The summed E-state index contributed by atoms with van der Waals surface area (Å²) < 4.78 is 17.8. The zero-order valence-electron chi connectivity index (χ0n) is 19.6. The molecule has 37 heavy (non-hydrogen) atoms. The molecule has 0 saturated carbocycles. The van der Waals surface area contributed by atoms with Crippen molar-refractivity contribution < 1.29 is 18.7 Å². The Morgan fingerprint density at radius 2 is 1.68 bits per heavy atom. The van der Waals surface area contributed by atoms with Crippen molar-refractivity contribution in [1.82, 2.24) is 9.78 Å². The van der Waals surface area contributed by atoms with Crippen LogP contribution in [-0.4, -0.2) is 28.8 Å². The lowest BCUT2D eigenvalue weighted by molar-refractivity contribution is -0.129. The van der Waals surface area contributed by atoms with Crippen LogP contribution in [0.4, 0.5) is 0 Å². The number of benzene rings is 3. The first-order valence-corrected chi connectivity index (χ1v) is 11.4. The number of methoxy groups -OCH3 is 1. The summed E-state index contributed by atoms with van der Waals surface area (Å²) in [4.78, 5) is 30.1. The van der Waals surface area contributed by atoms with Gasteiger partial charge in [0.2, 0.25) is 5.90 Å². The molecule has 5 aromatic rings. The number of hydrogen-bond acceptors (Lipinski definition) is 7. The van der Waals surface area contributed by atoms with Crippen molar-refractivity contribution in [3.8, 4) is 22.7 Å². The Morgan fingerprint density at radius 3 is 2.46 bits per heavy atom. The average molecular weight is 489 g/mol. The van der Waals surface area contributed by atoms with E-state index in [0.29, 0.717) is 28.2 Å². The summed E-state index contributed by atoms with van der Waals surface area (Å²) in [5.74, 6) is 0.257. The number of aliphatic imine (C=N–C) groups is 1. The molecule has 0 saturated heterocycles. The third-order valence-corrected chi connectivity index (χ3v) is 5.91. The highest BCUT2D eigenvalue weighted by atomic mass is 16.6. The Labute approximate surface area is 210 Å². The summed E-state index contributed by atoms with van der Waals surface area (Å²) in [6, 6.07) is 25.5. The topological polar surface area (TPSA) is 95.9 Å². The Bertz CT molecular complexity index is 1760. The van der Waals surface area contributed by atoms with E-state index >= 15 is 0 Å². The maximum atomic E-state index is 13.0. The standard InChI is InChI=1S/C29H19N3O5/c1-35-22-13-11-18(12-14-22)27-30-24(29(34)37-27)16-20-17-32(21-8-3-2-4-9-21)31-26(20)23-15-19-7-5-6-10-25(19)36-28(23)33/h2-17H,1H3/b24-16-. The molecule has 0 N–H and O–H groups in total. The molecule has 0 spiro atoms. The molecule has 0 amide bonds. The summed E-state index contributed by atoms with van der Waals surface area (Å²) in [6.45, 7) is 0. The molecule has 0 atom stereocenters. The van der Waals surface area contributed by atoms with Gasteiger partial charge in [-0.2, -0.15) is 5.10 Å². The molecule has 0 fully saturated rings. The molecule has 8 heteroatoms. The van der Waals surface area contributed by atoms with Crippen LogP contribution in [0.1, 0.15) is 11.1 Å². The van der Waals surface area contributed by atoms with Crippen LogP contribution >= 0.6 is 0 Å². The number of esters is 1. The predicted octanol–water partition coefficient (Wildman–Crippen LogP) is 5.00. The van der Waals surface area contributed by atoms with Crippen LogP contribution in [0.3, 0.4) is 0 Å². The van der Waals surface area contributed by atoms with E-state index in [4.69, 9.17) is 13.9 Å². The van der Waals surface area contributed by atoms with Gasteiger partial charge in [0, 0.05) is 22.7 Å². The lowest BCUT2D eigenvalue weighted by Crippen LogP contribution is -2.05. The molecule has 0 unspecified atom stereocenters. The van der Waals surface area contributed by atoms with Crippen molar-refractivity contribution in [2.45, 2.75) is 0 Å². The average Bonchev–Trinajstić information content (AvgIpc) is 3.52. The van der Waals surface area contributed by atoms with Crippen LogP contribution in [0.15, 0.2) is 111 Å². The molecule has 180 valence electrons. The van der Waals surface area contributed by atoms with Crippen LogP contribution in [0.5, 0.6) is 5.75 Å². The van der Waals surface area contributed by atoms with Crippen molar-refractivity contribution >= 4 is 28.9 Å². The predicted molar refractivity (Wildman–Crippen MR) is 139 cm³/mol. The molecule has 3 aromatic carbocycles. The third-order valence-electron chi connectivity index (χ3n) is 5.91. The second-order valence-corrected chi connectivity index (χ2v) is 8.26. The minimum atomic E-state index is -0.602. The minimum absolute atomic E-state index is 0.0878. The van der Waals surface area contributed by atoms with E-state index < -0.39 is 11.6 Å². The molecular formula is C29H19N3O5. The molecule has 0 radical (unpaired) electrons. The number of nitrogens with zero attached hydrogens (tertiary/aromatic N) is 3. The Morgan fingerprint density at radius 1 is 0.919 bits per heavy atom. The van der Waals surface area contributed by atoms with Crippen LogP contribution in [0.25, 0.3) is 34.0 Å². The van der Waals surface area contributed by atoms with Crippen molar-refractivity contribution in [1.29, 1.82) is 0 Å². The Kier molecular flexibility index (Phi) is 5.46. The first-order valence-electron chi connectivity index (χ1n) is 11.4. The van der Waals surface area contributed by atoms with Crippen LogP contribution in [0.2, 0.25) is 0 Å². The molecule has 1 aliphatic rings. The normalized spacial score (nSPS) is 14.1. The lowest BCUT2D eigenvalue weighted by Gasteiger charge is -2.01. The fourth-order valence-corrected chi connectivity index (χ4v) is 4.06. The number of carbonyl (C=O) groups is 1. The first-order chi connectivity index (χ1) is 18.1. The van der Waals surface area contributed by atoms with Gasteiger partial charge in [-0.15, -0.1) is 0 Å². The van der Waals surface area contributed by atoms with Gasteiger partial charge in [-0.1, -0.05) is 36.4 Å². The molecule has 2 aromatic heterocycles. The zero-order valence-corrected chi connectivity index (χ0v) is 19.6. The second-order valence-electron chi connectivity index (χ2n) is 8.26. The van der Waals surface area contributed by atoms with Gasteiger partial charge in [-0.05, 0) is 54.6 Å². The van der Waals surface area contributed by atoms with Gasteiger partial charge in [-0.25, -0.2) is 19.3 Å². The van der Waals surface area contributed by atoms with Gasteiger partial charge in [0.1, 0.15) is 17.0 Å². The van der Waals surface area contributed by atoms with E-state index in [2.05, 4.69) is 10.1 Å². The molecule has 6 rings (SSSR count). The first kappa shape index (κ1) is 22.2. The van der Waals surface area contributed by atoms with E-state index in [1.807, 2.05) is 42.5 Å². The monoisotopic (exact) mass is 489 g/mol. The Balaban J connectivity index is 1.48. The number of cyclic esters (lactones) is 1. The fraction of sp³-hybridized carbons (Fsp3) is 0.0345. The van der Waals surface area contributed by atoms with Gasteiger partial charge < -0.3 is 13.9 Å². The number of carbonyl (C=O) groups excluding carboxylic acids is 1. The van der Waals surface area contributed by atoms with Gasteiger partial charge in [-0.3, -0.25) is 0 Å². The molecule has 0 aliphatic carbocycles. The smallest absolute Gasteiger partial charge is 0.363 e. The number of para-hydroxylation sites is 2. The highest BCUT2D eigenvalue weighted by Gasteiger charge is 2.26. The largest absolute Gasteiger partial charge is 0.497 e. The molecule has 1 aliphatic heterocycles. The number of aromatic nitrogens is 2. The maximum absolute atomic E-state index is 13.0. The van der Waals surface area contributed by atoms with E-state index in [1.165, 1.54) is 0 Å². The lowest BCUT2D eigenvalue weighted by atomic mass is 10.1. The fourth-order valence-electron chi connectivity index (χ4n) is 4.06. The van der Waals surface area contributed by atoms with E-state index in [9.17, 15) is 9.59 Å². The second kappa shape index (κ2) is 9.09. The van der Waals surface area contributed by atoms with Crippen LogP contribution in [-0.2, 0) is 9.53 Å². The van der Waals surface area contributed by atoms with Gasteiger partial charge in [0.05, 0.1) is 18.4 Å².